The number of hydrogen-bond donors (Lipinski definition) is 1. The second-order valence-electron chi connectivity index (χ2n) is 10.7. The predicted molar refractivity (Wildman–Crippen MR) is 172 cm³/mol. The van der Waals surface area contributed by atoms with Crippen LogP contribution in [0.1, 0.15) is 11.1 Å². The van der Waals surface area contributed by atoms with Gasteiger partial charge < -0.3 is 14.5 Å². The molecule has 6 aromatic carbocycles. The monoisotopic (exact) mass is 527 g/mol. The highest BCUT2D eigenvalue weighted by Gasteiger charge is 2.16. The maximum absolute atomic E-state index is 3.62. The second-order valence-corrected chi connectivity index (χ2v) is 10.7. The molecule has 1 N–H and O–H groups in total. The number of hydrogen-bond acceptors (Lipinski definition) is 1. The Balaban J connectivity index is 1.30. The van der Waals surface area contributed by atoms with Crippen LogP contribution in [0.15, 0.2) is 146 Å². The molecule has 0 radical (unpaired) electrons. The summed E-state index contributed by atoms with van der Waals surface area (Å²) in [4.78, 5) is 0. The number of benzene rings is 6. The minimum atomic E-state index is 0.813. The van der Waals surface area contributed by atoms with E-state index in [1.807, 2.05) is 0 Å². The number of para-hydroxylation sites is 3. The normalized spacial score (nSPS) is 11.7. The van der Waals surface area contributed by atoms with E-state index in [2.05, 4.69) is 160 Å². The van der Waals surface area contributed by atoms with Crippen LogP contribution in [0.25, 0.3) is 55.0 Å². The summed E-state index contributed by atoms with van der Waals surface area (Å²) in [7, 11) is 0. The topological polar surface area (TPSA) is 21.9 Å². The van der Waals surface area contributed by atoms with Crippen molar-refractivity contribution in [2.24, 2.45) is 0 Å². The zero-order valence-corrected chi connectivity index (χ0v) is 22.7. The Bertz CT molecular complexity index is 2120. The first-order valence-corrected chi connectivity index (χ1v) is 14.2. The SMILES string of the molecule is c1ccc(CNCc2ccc3c4ccc(-n5c6ccccc6c6ccccc65)cc4n(-c4ccccc4)c3c2)cc1. The Morgan fingerprint density at radius 2 is 0.878 bits per heavy atom. The van der Waals surface area contributed by atoms with Crippen LogP contribution in [0.5, 0.6) is 0 Å². The Morgan fingerprint density at radius 3 is 1.59 bits per heavy atom. The number of nitrogens with zero attached hydrogens (tertiary/aromatic N) is 2. The quantitative estimate of drug-likeness (QED) is 0.229. The molecule has 8 rings (SSSR count). The van der Waals surface area contributed by atoms with E-state index >= 15 is 0 Å². The Morgan fingerprint density at radius 1 is 0.366 bits per heavy atom. The third-order valence-corrected chi connectivity index (χ3v) is 8.17. The molecule has 0 saturated carbocycles. The maximum atomic E-state index is 3.62. The van der Waals surface area contributed by atoms with Crippen LogP contribution >= 0.6 is 0 Å². The van der Waals surface area contributed by atoms with Crippen molar-refractivity contribution >= 4 is 43.6 Å². The number of nitrogens with one attached hydrogen (secondary N) is 1. The molecule has 0 aliphatic carbocycles. The van der Waals surface area contributed by atoms with E-state index in [4.69, 9.17) is 0 Å². The first-order valence-electron chi connectivity index (χ1n) is 14.2. The van der Waals surface area contributed by atoms with Crippen molar-refractivity contribution in [1.29, 1.82) is 0 Å². The van der Waals surface area contributed by atoms with E-state index in [0.29, 0.717) is 0 Å². The molecule has 0 fully saturated rings. The van der Waals surface area contributed by atoms with Gasteiger partial charge in [-0.25, -0.2) is 0 Å². The van der Waals surface area contributed by atoms with Gasteiger partial charge in [-0.2, -0.15) is 0 Å². The highest BCUT2D eigenvalue weighted by molar-refractivity contribution is 6.12. The molecule has 3 heteroatoms. The fraction of sp³-hybridized carbons (Fsp3) is 0.0526. The summed E-state index contributed by atoms with van der Waals surface area (Å²) in [6.07, 6.45) is 0. The molecule has 0 aliphatic heterocycles. The van der Waals surface area contributed by atoms with Gasteiger partial charge in [-0.15, -0.1) is 0 Å². The van der Waals surface area contributed by atoms with Crippen LogP contribution in [0.3, 0.4) is 0 Å². The van der Waals surface area contributed by atoms with Crippen LogP contribution in [0, 0.1) is 0 Å². The van der Waals surface area contributed by atoms with Crippen molar-refractivity contribution in [3.8, 4) is 11.4 Å². The summed E-state index contributed by atoms with van der Waals surface area (Å²) < 4.78 is 4.82. The lowest BCUT2D eigenvalue weighted by Gasteiger charge is -2.11. The Kier molecular flexibility index (Phi) is 5.68. The Labute approximate surface area is 238 Å². The molecular weight excluding hydrogens is 498 g/mol. The van der Waals surface area contributed by atoms with Crippen molar-refractivity contribution in [3.63, 3.8) is 0 Å². The lowest BCUT2D eigenvalue weighted by molar-refractivity contribution is 0.694. The molecule has 41 heavy (non-hydrogen) atoms. The second kappa shape index (κ2) is 9.81. The summed E-state index contributed by atoms with van der Waals surface area (Å²) in [5.41, 5.74) is 9.79. The van der Waals surface area contributed by atoms with Gasteiger partial charge in [-0.05, 0) is 53.6 Å². The van der Waals surface area contributed by atoms with Crippen LogP contribution in [-0.2, 0) is 13.1 Å². The van der Waals surface area contributed by atoms with Gasteiger partial charge in [0, 0.05) is 46.0 Å². The predicted octanol–water partition coefficient (Wildman–Crippen LogP) is 9.17. The van der Waals surface area contributed by atoms with Gasteiger partial charge in [-0.3, -0.25) is 0 Å². The van der Waals surface area contributed by atoms with E-state index in [9.17, 15) is 0 Å². The molecule has 0 amide bonds. The molecule has 0 unspecified atom stereocenters. The molecule has 0 atom stereocenters. The molecule has 0 aliphatic rings. The number of rotatable bonds is 6. The van der Waals surface area contributed by atoms with E-state index < -0.39 is 0 Å². The molecule has 2 heterocycles. The standard InChI is InChI=1S/C38H29N3/c1-3-11-27(12-4-1)25-39-26-28-19-21-33-34-22-20-30(24-38(34)40(37(33)23-28)29-13-5-2-6-14-29)41-35-17-9-7-15-31(35)32-16-8-10-18-36(32)41/h1-24,39H,25-26H2. The van der Waals surface area contributed by atoms with Crippen molar-refractivity contribution in [2.45, 2.75) is 13.1 Å². The van der Waals surface area contributed by atoms with Crippen molar-refractivity contribution in [3.05, 3.63) is 157 Å². The molecule has 0 bridgehead atoms. The van der Waals surface area contributed by atoms with E-state index in [0.717, 1.165) is 13.1 Å². The average molecular weight is 528 g/mol. The third-order valence-electron chi connectivity index (χ3n) is 8.17. The van der Waals surface area contributed by atoms with E-state index in [1.165, 1.54) is 66.1 Å². The number of aromatic nitrogens is 2. The zero-order valence-electron chi connectivity index (χ0n) is 22.7. The van der Waals surface area contributed by atoms with E-state index in [1.54, 1.807) is 0 Å². The van der Waals surface area contributed by atoms with Crippen LogP contribution in [0.4, 0.5) is 0 Å². The minimum absolute atomic E-state index is 0.813. The van der Waals surface area contributed by atoms with Crippen LogP contribution in [0.2, 0.25) is 0 Å². The van der Waals surface area contributed by atoms with Gasteiger partial charge >= 0.3 is 0 Å². The molecule has 0 spiro atoms. The minimum Gasteiger partial charge on any atom is -0.309 e. The lowest BCUT2D eigenvalue weighted by atomic mass is 10.1. The molecular formula is C38H29N3. The largest absolute Gasteiger partial charge is 0.309 e. The van der Waals surface area contributed by atoms with Crippen molar-refractivity contribution in [2.75, 3.05) is 0 Å². The van der Waals surface area contributed by atoms with Gasteiger partial charge in [0.05, 0.1) is 22.1 Å². The maximum Gasteiger partial charge on any atom is 0.0561 e. The summed E-state index contributed by atoms with van der Waals surface area (Å²) in [5, 5.41) is 8.71. The van der Waals surface area contributed by atoms with Crippen molar-refractivity contribution in [1.82, 2.24) is 14.5 Å². The third kappa shape index (κ3) is 4.02. The molecule has 0 saturated heterocycles. The van der Waals surface area contributed by atoms with Gasteiger partial charge in [-0.1, -0.05) is 103 Å². The highest BCUT2D eigenvalue weighted by Crippen LogP contribution is 2.37. The highest BCUT2D eigenvalue weighted by atomic mass is 15.0. The lowest BCUT2D eigenvalue weighted by Crippen LogP contribution is -2.12. The van der Waals surface area contributed by atoms with Crippen molar-refractivity contribution < 1.29 is 0 Å². The first kappa shape index (κ1) is 23.7. The number of fused-ring (bicyclic) bond motifs is 6. The van der Waals surface area contributed by atoms with Gasteiger partial charge in [0.25, 0.3) is 0 Å². The summed E-state index contributed by atoms with van der Waals surface area (Å²) in [6.45, 7) is 1.66. The van der Waals surface area contributed by atoms with Gasteiger partial charge in [0.2, 0.25) is 0 Å². The fourth-order valence-corrected chi connectivity index (χ4v) is 6.30. The first-order chi connectivity index (χ1) is 20.3. The smallest absolute Gasteiger partial charge is 0.0561 e. The van der Waals surface area contributed by atoms with E-state index in [-0.39, 0.29) is 0 Å². The molecule has 2 aromatic heterocycles. The van der Waals surface area contributed by atoms with Crippen LogP contribution in [-0.4, -0.2) is 9.13 Å². The average Bonchev–Trinajstić information content (AvgIpc) is 3.54. The van der Waals surface area contributed by atoms with Gasteiger partial charge in [0.1, 0.15) is 0 Å². The molecule has 3 nitrogen and oxygen atoms in total. The zero-order chi connectivity index (χ0) is 27.2. The summed E-state index contributed by atoms with van der Waals surface area (Å²) >= 11 is 0. The molecule has 8 aromatic rings. The van der Waals surface area contributed by atoms with Gasteiger partial charge in [0.15, 0.2) is 0 Å². The summed E-state index contributed by atoms with van der Waals surface area (Å²) in [6, 6.07) is 52.5. The molecule has 196 valence electrons. The van der Waals surface area contributed by atoms with Crippen LogP contribution < -0.4 is 5.32 Å². The fourth-order valence-electron chi connectivity index (χ4n) is 6.30. The summed E-state index contributed by atoms with van der Waals surface area (Å²) in [5.74, 6) is 0. The Hall–Kier alpha value is -5.12.